The first-order chi connectivity index (χ1) is 8.19. The van der Waals surface area contributed by atoms with Gasteiger partial charge in [-0.05, 0) is 42.4 Å². The van der Waals surface area contributed by atoms with E-state index in [2.05, 4.69) is 31.4 Å². The Balaban J connectivity index is 2.06. The third kappa shape index (κ3) is 2.79. The van der Waals surface area contributed by atoms with Gasteiger partial charge in [-0.25, -0.2) is 0 Å². The van der Waals surface area contributed by atoms with Crippen LogP contribution in [-0.2, 0) is 0 Å². The summed E-state index contributed by atoms with van der Waals surface area (Å²) in [4.78, 5) is 0. The van der Waals surface area contributed by atoms with Crippen molar-refractivity contribution in [3.05, 3.63) is 29.8 Å². The van der Waals surface area contributed by atoms with Gasteiger partial charge in [0.05, 0.1) is 12.6 Å². The monoisotopic (exact) mass is 234 g/mol. The van der Waals surface area contributed by atoms with Crippen molar-refractivity contribution in [2.24, 2.45) is 11.3 Å². The fourth-order valence-electron chi connectivity index (χ4n) is 2.16. The Morgan fingerprint density at radius 3 is 2.47 bits per heavy atom. The lowest BCUT2D eigenvalue weighted by Gasteiger charge is -2.23. The van der Waals surface area contributed by atoms with E-state index in [0.29, 0.717) is 5.41 Å². The lowest BCUT2D eigenvalue weighted by molar-refractivity contribution is 0.316. The van der Waals surface area contributed by atoms with E-state index in [0.717, 1.165) is 18.8 Å². The predicted octanol–water partition coefficient (Wildman–Crippen LogP) is 2.78. The molecule has 1 unspecified atom stereocenters. The van der Waals surface area contributed by atoms with Gasteiger partial charge in [-0.2, -0.15) is 0 Å². The normalized spacial score (nSPS) is 18.8. The quantitative estimate of drug-likeness (QED) is 0.587. The molecule has 0 spiro atoms. The fourth-order valence-corrected chi connectivity index (χ4v) is 2.16. The minimum absolute atomic E-state index is 0.253. The first kappa shape index (κ1) is 12.4. The smallest absolute Gasteiger partial charge is 0.119 e. The maximum Gasteiger partial charge on any atom is 0.119 e. The van der Waals surface area contributed by atoms with Crippen LogP contribution in [0.3, 0.4) is 0 Å². The van der Waals surface area contributed by atoms with E-state index in [1.807, 2.05) is 12.1 Å². The zero-order chi connectivity index (χ0) is 12.3. The summed E-state index contributed by atoms with van der Waals surface area (Å²) in [5.74, 6) is 6.61. The van der Waals surface area contributed by atoms with Gasteiger partial charge in [-0.3, -0.25) is 11.3 Å². The first-order valence-electron chi connectivity index (χ1n) is 6.38. The van der Waals surface area contributed by atoms with Gasteiger partial charge in [0.2, 0.25) is 0 Å². The molecule has 3 heteroatoms. The number of hydrogen-bond donors (Lipinski definition) is 2. The summed E-state index contributed by atoms with van der Waals surface area (Å²) >= 11 is 0. The summed E-state index contributed by atoms with van der Waals surface area (Å²) in [5.41, 5.74) is 4.52. The Hall–Kier alpha value is -1.06. The van der Waals surface area contributed by atoms with Crippen molar-refractivity contribution >= 4 is 0 Å². The van der Waals surface area contributed by atoms with Crippen LogP contribution in [-0.4, -0.2) is 6.61 Å². The maximum absolute atomic E-state index is 5.67. The molecule has 1 aromatic rings. The second kappa shape index (κ2) is 5.07. The molecule has 17 heavy (non-hydrogen) atoms. The molecule has 0 bridgehead atoms. The molecule has 2 rings (SSSR count). The van der Waals surface area contributed by atoms with Crippen LogP contribution in [0, 0.1) is 5.41 Å². The second-order valence-corrected chi connectivity index (χ2v) is 5.17. The molecule has 1 saturated carbocycles. The largest absolute Gasteiger partial charge is 0.494 e. The van der Waals surface area contributed by atoms with Crippen LogP contribution in [0.5, 0.6) is 5.75 Å². The molecular formula is C14H22N2O. The van der Waals surface area contributed by atoms with Gasteiger partial charge in [0.1, 0.15) is 5.75 Å². The number of benzene rings is 1. The summed E-state index contributed by atoms with van der Waals surface area (Å²) in [7, 11) is 0. The van der Waals surface area contributed by atoms with Crippen molar-refractivity contribution in [3.63, 3.8) is 0 Å². The number of hydrazine groups is 1. The lowest BCUT2D eigenvalue weighted by atomic mass is 9.92. The van der Waals surface area contributed by atoms with Crippen LogP contribution >= 0.6 is 0 Å². The van der Waals surface area contributed by atoms with Crippen molar-refractivity contribution in [1.82, 2.24) is 5.43 Å². The van der Waals surface area contributed by atoms with Gasteiger partial charge in [0.25, 0.3) is 0 Å². The molecule has 3 nitrogen and oxygen atoms in total. The summed E-state index contributed by atoms with van der Waals surface area (Å²) in [5, 5.41) is 0. The van der Waals surface area contributed by atoms with Gasteiger partial charge in [-0.1, -0.05) is 26.0 Å². The molecule has 1 aromatic carbocycles. The predicted molar refractivity (Wildman–Crippen MR) is 69.6 cm³/mol. The Kier molecular flexibility index (Phi) is 3.69. The standard InChI is InChI=1S/C14H22N2O/c1-3-10-17-12-6-4-11(5-7-12)13(16-15)14(2)8-9-14/h4-7,13,16H,3,8-10,15H2,1-2H3. The van der Waals surface area contributed by atoms with Crippen LogP contribution in [0.15, 0.2) is 24.3 Å². The Labute approximate surface area is 103 Å². The SMILES string of the molecule is CCCOc1ccc(C(NN)C2(C)CC2)cc1. The molecule has 1 atom stereocenters. The second-order valence-electron chi connectivity index (χ2n) is 5.17. The highest BCUT2D eigenvalue weighted by molar-refractivity contribution is 5.31. The van der Waals surface area contributed by atoms with E-state index < -0.39 is 0 Å². The average Bonchev–Trinajstić information content (AvgIpc) is 3.08. The number of rotatable bonds is 6. The Bertz CT molecular complexity index is 357. The van der Waals surface area contributed by atoms with E-state index in [9.17, 15) is 0 Å². The van der Waals surface area contributed by atoms with E-state index in [-0.39, 0.29) is 6.04 Å². The van der Waals surface area contributed by atoms with Crippen LogP contribution in [0.4, 0.5) is 0 Å². The van der Waals surface area contributed by atoms with Crippen LogP contribution < -0.4 is 16.0 Å². The van der Waals surface area contributed by atoms with Crippen molar-refractivity contribution in [2.75, 3.05) is 6.61 Å². The number of nitrogens with two attached hydrogens (primary N) is 1. The van der Waals surface area contributed by atoms with Gasteiger partial charge in [0, 0.05) is 0 Å². The summed E-state index contributed by atoms with van der Waals surface area (Å²) in [6, 6.07) is 8.53. The Morgan fingerprint density at radius 2 is 2.00 bits per heavy atom. The third-order valence-corrected chi connectivity index (χ3v) is 3.59. The van der Waals surface area contributed by atoms with E-state index in [1.54, 1.807) is 0 Å². The molecule has 1 aliphatic carbocycles. The molecule has 1 aliphatic rings. The van der Waals surface area contributed by atoms with Crippen molar-refractivity contribution in [3.8, 4) is 5.75 Å². The molecule has 0 heterocycles. The molecule has 0 radical (unpaired) electrons. The first-order valence-corrected chi connectivity index (χ1v) is 6.38. The van der Waals surface area contributed by atoms with Gasteiger partial charge in [0.15, 0.2) is 0 Å². The average molecular weight is 234 g/mol. The van der Waals surface area contributed by atoms with Gasteiger partial charge < -0.3 is 4.74 Å². The van der Waals surface area contributed by atoms with Crippen molar-refractivity contribution in [2.45, 2.75) is 39.2 Å². The molecular weight excluding hydrogens is 212 g/mol. The molecule has 1 fully saturated rings. The highest BCUT2D eigenvalue weighted by Crippen LogP contribution is 2.54. The highest BCUT2D eigenvalue weighted by atomic mass is 16.5. The molecule has 0 aromatic heterocycles. The van der Waals surface area contributed by atoms with E-state index in [4.69, 9.17) is 10.6 Å². The van der Waals surface area contributed by atoms with Gasteiger partial charge in [-0.15, -0.1) is 0 Å². The van der Waals surface area contributed by atoms with Crippen LogP contribution in [0.25, 0.3) is 0 Å². The van der Waals surface area contributed by atoms with Crippen molar-refractivity contribution in [1.29, 1.82) is 0 Å². The zero-order valence-electron chi connectivity index (χ0n) is 10.7. The van der Waals surface area contributed by atoms with E-state index >= 15 is 0 Å². The van der Waals surface area contributed by atoms with Crippen molar-refractivity contribution < 1.29 is 4.74 Å². The minimum Gasteiger partial charge on any atom is -0.494 e. The fraction of sp³-hybridized carbons (Fsp3) is 0.571. The van der Waals surface area contributed by atoms with Crippen LogP contribution in [0.2, 0.25) is 0 Å². The topological polar surface area (TPSA) is 47.3 Å². The molecule has 94 valence electrons. The minimum atomic E-state index is 0.253. The van der Waals surface area contributed by atoms with Crippen LogP contribution in [0.1, 0.15) is 44.7 Å². The molecule has 0 aliphatic heterocycles. The maximum atomic E-state index is 5.67. The molecule has 0 amide bonds. The van der Waals surface area contributed by atoms with E-state index in [1.165, 1.54) is 18.4 Å². The molecule has 0 saturated heterocycles. The zero-order valence-corrected chi connectivity index (χ0v) is 10.7. The highest BCUT2D eigenvalue weighted by Gasteiger charge is 2.45. The van der Waals surface area contributed by atoms with Gasteiger partial charge >= 0.3 is 0 Å². The number of hydrogen-bond acceptors (Lipinski definition) is 3. The third-order valence-electron chi connectivity index (χ3n) is 3.59. The Morgan fingerprint density at radius 1 is 1.35 bits per heavy atom. The lowest BCUT2D eigenvalue weighted by Crippen LogP contribution is -2.33. The summed E-state index contributed by atoms with van der Waals surface area (Å²) in [6.45, 7) is 5.16. The number of ether oxygens (including phenoxy) is 1. The number of nitrogens with one attached hydrogen (secondary N) is 1. The summed E-state index contributed by atoms with van der Waals surface area (Å²) < 4.78 is 5.57. The summed E-state index contributed by atoms with van der Waals surface area (Å²) in [6.07, 6.45) is 3.53. The molecule has 3 N–H and O–H groups in total.